The van der Waals surface area contributed by atoms with E-state index in [2.05, 4.69) is 11.1 Å². The monoisotopic (exact) mass is 593 g/mol. The van der Waals surface area contributed by atoms with Crippen LogP contribution in [0.4, 0.5) is 0 Å². The normalized spacial score (nSPS) is 14.5. The van der Waals surface area contributed by atoms with Crippen LogP contribution in [-0.2, 0) is 0 Å². The Labute approximate surface area is 251 Å². The average molecular weight is 594 g/mol. The number of benzene rings is 3. The number of nitriles is 1. The molecule has 0 saturated heterocycles. The molecule has 11 heteroatoms. The van der Waals surface area contributed by atoms with Crippen molar-refractivity contribution in [3.8, 4) is 23.3 Å². The van der Waals surface area contributed by atoms with Crippen LogP contribution in [0, 0.1) is 16.7 Å². The first-order chi connectivity index (χ1) is 21.5. The molecular weight excluding hydrogens is 574 g/mol. The summed E-state index contributed by atoms with van der Waals surface area (Å²) >= 11 is 1.15. The van der Waals surface area contributed by atoms with Gasteiger partial charge in [0.2, 0.25) is 5.89 Å². The zero-order valence-electron chi connectivity index (χ0n) is 22.7. The number of phenolic OH excluding ortho intramolecular Hbond substituents is 1. The Balaban J connectivity index is 1.46. The fourth-order valence-electron chi connectivity index (χ4n) is 5.65. The van der Waals surface area contributed by atoms with E-state index in [1.54, 1.807) is 35.0 Å². The molecule has 10 nitrogen and oxygen atoms in total. The molecule has 1 unspecified atom stereocenters. The van der Waals surface area contributed by atoms with Crippen molar-refractivity contribution < 1.29 is 9.52 Å². The Morgan fingerprint density at radius 1 is 1.02 bits per heavy atom. The summed E-state index contributed by atoms with van der Waals surface area (Å²) in [6, 6.07) is 25.7. The summed E-state index contributed by atoms with van der Waals surface area (Å²) in [6.07, 6.45) is 4.82. The highest BCUT2D eigenvalue weighted by Crippen LogP contribution is 2.36. The minimum atomic E-state index is -0.886. The van der Waals surface area contributed by atoms with E-state index in [1.165, 1.54) is 17.0 Å². The quantitative estimate of drug-likeness (QED) is 0.318. The Morgan fingerprint density at radius 2 is 1.84 bits per heavy atom. The number of para-hydroxylation sites is 3. The molecule has 1 aliphatic rings. The number of hydrogen-bond acceptors (Lipinski definition) is 9. The third-order valence-corrected chi connectivity index (χ3v) is 8.76. The first-order valence-corrected chi connectivity index (χ1v) is 14.4. The molecule has 0 radical (unpaired) electrons. The average Bonchev–Trinajstić information content (AvgIpc) is 3.63. The summed E-state index contributed by atoms with van der Waals surface area (Å²) in [4.78, 5) is 27.8. The van der Waals surface area contributed by atoms with Crippen LogP contribution in [0.15, 0.2) is 101 Å². The van der Waals surface area contributed by atoms with Crippen molar-refractivity contribution in [3.63, 3.8) is 0 Å². The highest BCUT2D eigenvalue weighted by atomic mass is 32.1. The van der Waals surface area contributed by atoms with Gasteiger partial charge >= 0.3 is 0 Å². The number of aromatic hydroxyl groups is 1. The number of thiazole rings is 1. The number of oxazole rings is 1. The van der Waals surface area contributed by atoms with Gasteiger partial charge in [-0.05, 0) is 48.0 Å². The van der Waals surface area contributed by atoms with Crippen molar-refractivity contribution in [1.82, 2.24) is 24.1 Å². The smallest absolute Gasteiger partial charge is 0.274 e. The number of phenols is 1. The second-order valence-electron chi connectivity index (χ2n) is 10.1. The molecule has 1 atom stereocenters. The maximum atomic E-state index is 14.1. The highest BCUT2D eigenvalue weighted by molar-refractivity contribution is 7.07. The van der Waals surface area contributed by atoms with Crippen LogP contribution in [-0.4, -0.2) is 29.2 Å². The van der Waals surface area contributed by atoms with Crippen molar-refractivity contribution in [3.05, 3.63) is 133 Å². The number of rotatable bonds is 3. The van der Waals surface area contributed by atoms with Crippen LogP contribution in [0.25, 0.3) is 45.2 Å². The van der Waals surface area contributed by atoms with Crippen molar-refractivity contribution in [2.75, 3.05) is 0 Å². The zero-order valence-corrected chi connectivity index (χ0v) is 23.5. The Hall–Kier alpha value is -6.12. The van der Waals surface area contributed by atoms with Gasteiger partial charge in [0.25, 0.3) is 5.56 Å². The third-order valence-electron chi connectivity index (χ3n) is 7.66. The summed E-state index contributed by atoms with van der Waals surface area (Å²) in [5, 5.41) is 30.9. The number of nitrogens with zero attached hydrogens (tertiary/aromatic N) is 6. The van der Waals surface area contributed by atoms with Gasteiger partial charge in [-0.15, -0.1) is 11.3 Å². The summed E-state index contributed by atoms with van der Waals surface area (Å²) in [5.74, 6) is -0.378. The van der Waals surface area contributed by atoms with Gasteiger partial charge in [-0.3, -0.25) is 19.8 Å². The van der Waals surface area contributed by atoms with Crippen LogP contribution in [0.5, 0.6) is 5.75 Å². The lowest BCUT2D eigenvalue weighted by molar-refractivity contribution is 0.480. The molecule has 0 amide bonds. The van der Waals surface area contributed by atoms with Gasteiger partial charge in [-0.2, -0.15) is 5.26 Å². The number of nitrogens with one attached hydrogen (secondary N) is 1. The Bertz CT molecular complexity index is 2560. The molecule has 210 valence electrons. The fourth-order valence-corrected chi connectivity index (χ4v) is 6.75. The molecule has 2 N–H and O–H groups in total. The van der Waals surface area contributed by atoms with Crippen molar-refractivity contribution >= 4 is 45.0 Å². The van der Waals surface area contributed by atoms with E-state index in [4.69, 9.17) is 14.4 Å². The van der Waals surface area contributed by atoms with Gasteiger partial charge in [0.15, 0.2) is 11.4 Å². The molecule has 3 aromatic carbocycles. The van der Waals surface area contributed by atoms with Crippen LogP contribution in [0.1, 0.15) is 22.9 Å². The van der Waals surface area contributed by atoms with Crippen molar-refractivity contribution in [2.45, 2.75) is 5.92 Å². The second kappa shape index (κ2) is 9.72. The van der Waals surface area contributed by atoms with Crippen LogP contribution < -0.4 is 20.2 Å². The predicted octanol–water partition coefficient (Wildman–Crippen LogP) is 3.61. The fraction of sp³-hybridized carbons (Fsp3) is 0.0303. The Morgan fingerprint density at radius 3 is 2.66 bits per heavy atom. The van der Waals surface area contributed by atoms with Gasteiger partial charge in [-0.25, -0.2) is 14.5 Å². The highest BCUT2D eigenvalue weighted by Gasteiger charge is 2.37. The lowest BCUT2D eigenvalue weighted by Crippen LogP contribution is -2.40. The van der Waals surface area contributed by atoms with Gasteiger partial charge in [0, 0.05) is 17.3 Å². The number of hydrogen-bond donors (Lipinski definition) is 2. The van der Waals surface area contributed by atoms with E-state index >= 15 is 0 Å². The predicted molar refractivity (Wildman–Crippen MR) is 164 cm³/mol. The van der Waals surface area contributed by atoms with E-state index in [9.17, 15) is 20.6 Å². The first-order valence-electron chi connectivity index (χ1n) is 13.6. The van der Waals surface area contributed by atoms with Crippen molar-refractivity contribution in [1.29, 1.82) is 10.7 Å². The van der Waals surface area contributed by atoms with Gasteiger partial charge in [0.05, 0.1) is 21.7 Å². The summed E-state index contributed by atoms with van der Waals surface area (Å²) < 4.78 is 9.92. The first kappa shape index (κ1) is 25.6. The molecule has 8 rings (SSSR count). The Kier molecular flexibility index (Phi) is 5.65. The van der Waals surface area contributed by atoms with Gasteiger partial charge in [-0.1, -0.05) is 42.5 Å². The molecule has 0 fully saturated rings. The summed E-state index contributed by atoms with van der Waals surface area (Å²) in [5.41, 5.74) is 3.18. The van der Waals surface area contributed by atoms with E-state index < -0.39 is 5.92 Å². The lowest BCUT2D eigenvalue weighted by atomic mass is 9.91. The van der Waals surface area contributed by atoms with Crippen molar-refractivity contribution in [2.24, 2.45) is 0 Å². The minimum absolute atomic E-state index is 0.0362. The lowest BCUT2D eigenvalue weighted by Gasteiger charge is -2.23. The molecule has 0 spiro atoms. The largest absolute Gasteiger partial charge is 0.506 e. The molecule has 0 aliphatic carbocycles. The summed E-state index contributed by atoms with van der Waals surface area (Å²) in [7, 11) is 0. The third kappa shape index (κ3) is 3.75. The molecule has 5 heterocycles. The van der Waals surface area contributed by atoms with Gasteiger partial charge < -0.3 is 9.52 Å². The maximum absolute atomic E-state index is 14.1. The molecule has 0 bridgehead atoms. The van der Waals surface area contributed by atoms with Crippen LogP contribution in [0.2, 0.25) is 0 Å². The molecule has 7 aromatic rings. The van der Waals surface area contributed by atoms with E-state index in [0.29, 0.717) is 48.0 Å². The van der Waals surface area contributed by atoms with Crippen LogP contribution >= 0.6 is 11.3 Å². The van der Waals surface area contributed by atoms with E-state index in [1.807, 2.05) is 54.6 Å². The SMILES string of the molecule is N#CC1=c2s/c(=C/c3ccc(O)c4ncccc34)c(=O)n2-c2ncn(-c3ccccc3)c(=N)c2C1c1nc2ccccc2o1. The molecule has 4 aromatic heterocycles. The van der Waals surface area contributed by atoms with Crippen LogP contribution in [0.3, 0.4) is 0 Å². The maximum Gasteiger partial charge on any atom is 0.274 e. The zero-order chi connectivity index (χ0) is 29.9. The topological polar surface area (TPSA) is 147 Å². The second-order valence-corrected chi connectivity index (χ2v) is 11.2. The van der Waals surface area contributed by atoms with E-state index in [0.717, 1.165) is 11.3 Å². The number of fused-ring (bicyclic) bond motifs is 5. The standard InChI is InChI=1S/C33H19N7O3S/c34-16-21-26(31-38-22-10-4-5-11-24(22)43-31)27-29(35)39(19-7-2-1-3-8-19)17-37-30(27)40-32(42)25(44-33(21)40)15-18-12-13-23(41)28-20(18)9-6-14-36-28/h1-15,17,26,35,41H/b25-15+,35-29?. The minimum Gasteiger partial charge on any atom is -0.506 e. The molecular formula is C33H19N7O3S. The summed E-state index contributed by atoms with van der Waals surface area (Å²) in [6.45, 7) is 0. The number of pyridine rings is 1. The molecule has 44 heavy (non-hydrogen) atoms. The van der Waals surface area contributed by atoms with E-state index in [-0.39, 0.29) is 34.1 Å². The molecule has 0 saturated carbocycles. The molecule has 1 aliphatic heterocycles. The van der Waals surface area contributed by atoms with Gasteiger partial charge in [0.1, 0.15) is 39.2 Å². The number of aromatic nitrogens is 5.